The van der Waals surface area contributed by atoms with Crippen LogP contribution in [0, 0.1) is 0 Å². The molecule has 1 N–H and O–H groups in total. The molecule has 0 radical (unpaired) electrons. The zero-order valence-corrected chi connectivity index (χ0v) is 9.49. The minimum absolute atomic E-state index is 0.308. The third-order valence-corrected chi connectivity index (χ3v) is 2.32. The summed E-state index contributed by atoms with van der Waals surface area (Å²) in [6.07, 6.45) is 1.19. The predicted molar refractivity (Wildman–Crippen MR) is 55.0 cm³/mol. The predicted octanol–water partition coefficient (Wildman–Crippen LogP) is 0.745. The van der Waals surface area contributed by atoms with Gasteiger partial charge in [-0.25, -0.2) is 0 Å². The van der Waals surface area contributed by atoms with Gasteiger partial charge in [0.05, 0.1) is 23.6 Å². The molecule has 0 aliphatic carbocycles. The van der Waals surface area contributed by atoms with Crippen molar-refractivity contribution in [2.24, 2.45) is 0 Å². The second-order valence-electron chi connectivity index (χ2n) is 2.91. The molecule has 1 atom stereocenters. The van der Waals surface area contributed by atoms with E-state index in [-0.39, 0.29) is 6.61 Å². The van der Waals surface area contributed by atoms with Crippen LogP contribution in [-0.4, -0.2) is 31.4 Å². The Morgan fingerprint density at radius 1 is 1.60 bits per heavy atom. The molecule has 0 saturated heterocycles. The average molecular weight is 252 g/mol. The third kappa shape index (κ3) is 4.57. The second-order valence-corrected chi connectivity index (χ2v) is 4.99. The molecule has 0 bridgehead atoms. The highest BCUT2D eigenvalue weighted by atomic mass is 35.5. The van der Waals surface area contributed by atoms with Gasteiger partial charge in [-0.2, -0.15) is 8.42 Å². The summed E-state index contributed by atoms with van der Waals surface area (Å²) >= 11 is 5.59. The van der Waals surface area contributed by atoms with Crippen LogP contribution in [0.1, 0.15) is 11.8 Å². The Balaban J connectivity index is 2.61. The number of hydrogen-bond donors (Lipinski definition) is 1. The van der Waals surface area contributed by atoms with E-state index in [0.29, 0.717) is 10.7 Å². The Kier molecular flexibility index (Phi) is 4.04. The summed E-state index contributed by atoms with van der Waals surface area (Å²) in [6, 6.07) is 3.05. The van der Waals surface area contributed by atoms with Gasteiger partial charge >= 0.3 is 0 Å². The smallest absolute Gasteiger partial charge is 0.264 e. The molecule has 0 amide bonds. The van der Waals surface area contributed by atoms with Crippen molar-refractivity contribution in [2.75, 3.05) is 12.9 Å². The van der Waals surface area contributed by atoms with Gasteiger partial charge in [-0.05, 0) is 12.1 Å². The van der Waals surface area contributed by atoms with Crippen LogP contribution in [-0.2, 0) is 14.3 Å². The lowest BCUT2D eigenvalue weighted by Crippen LogP contribution is -2.12. The first-order valence-corrected chi connectivity index (χ1v) is 6.22. The molecule has 0 aromatic carbocycles. The molecule has 0 saturated carbocycles. The van der Waals surface area contributed by atoms with Crippen LogP contribution in [0.5, 0.6) is 0 Å². The summed E-state index contributed by atoms with van der Waals surface area (Å²) in [7, 11) is -3.55. The van der Waals surface area contributed by atoms with Crippen LogP contribution in [0.4, 0.5) is 0 Å². The number of halogens is 1. The summed E-state index contributed by atoms with van der Waals surface area (Å²) in [6.45, 7) is -0.354. The zero-order valence-electron chi connectivity index (χ0n) is 7.92. The Labute approximate surface area is 92.8 Å². The molecule has 5 nitrogen and oxygen atoms in total. The Hall–Kier alpha value is -0.690. The quantitative estimate of drug-likeness (QED) is 0.799. The van der Waals surface area contributed by atoms with Gasteiger partial charge in [0.2, 0.25) is 0 Å². The molecule has 0 unspecified atom stereocenters. The molecule has 0 aliphatic heterocycles. The van der Waals surface area contributed by atoms with E-state index in [9.17, 15) is 13.5 Å². The summed E-state index contributed by atoms with van der Waals surface area (Å²) in [5, 5.41) is 9.92. The standard InChI is InChI=1S/C8H10ClNO4S/c1-15(12,13)14-5-8(11)7-3-2-6(9)4-10-7/h2-4,8,11H,5H2,1H3/t8-/m1/s1. The fourth-order valence-electron chi connectivity index (χ4n) is 0.858. The van der Waals surface area contributed by atoms with Crippen molar-refractivity contribution >= 4 is 21.7 Å². The second kappa shape index (κ2) is 4.89. The molecule has 0 aliphatic rings. The Morgan fingerprint density at radius 3 is 2.73 bits per heavy atom. The SMILES string of the molecule is CS(=O)(=O)OC[C@@H](O)c1ccc(Cl)cn1. The van der Waals surface area contributed by atoms with E-state index in [1.807, 2.05) is 0 Å². The van der Waals surface area contributed by atoms with Crippen molar-refractivity contribution in [3.05, 3.63) is 29.0 Å². The molecular weight excluding hydrogens is 242 g/mol. The van der Waals surface area contributed by atoms with Gasteiger partial charge in [0, 0.05) is 6.20 Å². The number of hydrogen-bond acceptors (Lipinski definition) is 5. The van der Waals surface area contributed by atoms with E-state index >= 15 is 0 Å². The van der Waals surface area contributed by atoms with E-state index in [2.05, 4.69) is 9.17 Å². The lowest BCUT2D eigenvalue weighted by molar-refractivity contribution is 0.108. The highest BCUT2D eigenvalue weighted by Gasteiger charge is 2.12. The first kappa shape index (κ1) is 12.4. The van der Waals surface area contributed by atoms with E-state index in [1.54, 1.807) is 6.07 Å². The molecule has 1 aromatic heterocycles. The van der Waals surface area contributed by atoms with Gasteiger partial charge < -0.3 is 5.11 Å². The summed E-state index contributed by atoms with van der Waals surface area (Å²) < 4.78 is 25.7. The van der Waals surface area contributed by atoms with Gasteiger partial charge in [-0.3, -0.25) is 9.17 Å². The Bertz CT molecular complexity index is 417. The third-order valence-electron chi connectivity index (χ3n) is 1.53. The van der Waals surface area contributed by atoms with E-state index in [0.717, 1.165) is 6.26 Å². The first-order chi connectivity index (χ1) is 6.88. The van der Waals surface area contributed by atoms with Crippen LogP contribution in [0.2, 0.25) is 5.02 Å². The average Bonchev–Trinajstić information content (AvgIpc) is 2.14. The van der Waals surface area contributed by atoms with E-state index < -0.39 is 16.2 Å². The van der Waals surface area contributed by atoms with Crippen molar-refractivity contribution in [1.82, 2.24) is 4.98 Å². The number of aromatic nitrogens is 1. The van der Waals surface area contributed by atoms with Crippen molar-refractivity contribution in [3.63, 3.8) is 0 Å². The van der Waals surface area contributed by atoms with Crippen LogP contribution < -0.4 is 0 Å². The number of pyridine rings is 1. The maximum absolute atomic E-state index is 10.6. The van der Waals surface area contributed by atoms with Crippen molar-refractivity contribution in [3.8, 4) is 0 Å². The fraction of sp³-hybridized carbons (Fsp3) is 0.375. The van der Waals surface area contributed by atoms with Gasteiger partial charge in [0.25, 0.3) is 10.1 Å². The van der Waals surface area contributed by atoms with Gasteiger partial charge in [-0.15, -0.1) is 0 Å². The molecule has 0 fully saturated rings. The van der Waals surface area contributed by atoms with Crippen LogP contribution in [0.15, 0.2) is 18.3 Å². The number of aliphatic hydroxyl groups is 1. The topological polar surface area (TPSA) is 76.5 Å². The highest BCUT2D eigenvalue weighted by molar-refractivity contribution is 7.85. The van der Waals surface area contributed by atoms with Gasteiger partial charge in [0.1, 0.15) is 6.10 Å². The summed E-state index contributed by atoms with van der Waals surface area (Å²) in [4.78, 5) is 3.82. The summed E-state index contributed by atoms with van der Waals surface area (Å²) in [5.74, 6) is 0. The lowest BCUT2D eigenvalue weighted by atomic mass is 10.2. The maximum Gasteiger partial charge on any atom is 0.264 e. The van der Waals surface area contributed by atoms with Crippen molar-refractivity contribution in [1.29, 1.82) is 0 Å². The normalized spacial score (nSPS) is 13.8. The van der Waals surface area contributed by atoms with Crippen LogP contribution >= 0.6 is 11.6 Å². The monoisotopic (exact) mass is 251 g/mol. The largest absolute Gasteiger partial charge is 0.384 e. The molecule has 0 spiro atoms. The minimum Gasteiger partial charge on any atom is -0.384 e. The number of aliphatic hydroxyl groups excluding tert-OH is 1. The fourth-order valence-corrected chi connectivity index (χ4v) is 1.35. The van der Waals surface area contributed by atoms with Crippen molar-refractivity contribution in [2.45, 2.75) is 6.10 Å². The van der Waals surface area contributed by atoms with Crippen LogP contribution in [0.3, 0.4) is 0 Å². The van der Waals surface area contributed by atoms with Gasteiger partial charge in [-0.1, -0.05) is 11.6 Å². The van der Waals surface area contributed by atoms with Crippen LogP contribution in [0.25, 0.3) is 0 Å². The summed E-state index contributed by atoms with van der Waals surface area (Å²) in [5.41, 5.74) is 0.308. The highest BCUT2D eigenvalue weighted by Crippen LogP contribution is 2.13. The molecule has 7 heteroatoms. The lowest BCUT2D eigenvalue weighted by Gasteiger charge is -2.08. The van der Waals surface area contributed by atoms with Crippen molar-refractivity contribution < 1.29 is 17.7 Å². The molecule has 84 valence electrons. The zero-order chi connectivity index (χ0) is 11.5. The molecule has 15 heavy (non-hydrogen) atoms. The number of nitrogens with zero attached hydrogens (tertiary/aromatic N) is 1. The molecular formula is C8H10ClNO4S. The molecule has 1 heterocycles. The minimum atomic E-state index is -3.55. The van der Waals surface area contributed by atoms with Gasteiger partial charge in [0.15, 0.2) is 0 Å². The maximum atomic E-state index is 10.6. The molecule has 1 rings (SSSR count). The van der Waals surface area contributed by atoms with E-state index in [4.69, 9.17) is 11.6 Å². The van der Waals surface area contributed by atoms with E-state index in [1.165, 1.54) is 12.3 Å². The Morgan fingerprint density at radius 2 is 2.27 bits per heavy atom. The first-order valence-electron chi connectivity index (χ1n) is 4.02. The molecule has 1 aromatic rings. The number of rotatable bonds is 4.